The highest BCUT2D eigenvalue weighted by Crippen LogP contribution is 2.37. The number of benzene rings is 2. The lowest BCUT2D eigenvalue weighted by atomic mass is 10.0. The van der Waals surface area contributed by atoms with Crippen LogP contribution in [0, 0.1) is 0 Å². The maximum Gasteiger partial charge on any atom is 0.167 e. The minimum absolute atomic E-state index is 0.148. The molecule has 1 aromatic heterocycles. The van der Waals surface area contributed by atoms with Gasteiger partial charge in [0.05, 0.1) is 18.0 Å². The average molecular weight is 225 g/mol. The molecule has 17 heavy (non-hydrogen) atoms. The molecular weight excluding hydrogens is 214 g/mol. The van der Waals surface area contributed by atoms with E-state index >= 15 is 0 Å². The van der Waals surface area contributed by atoms with Gasteiger partial charge in [0.25, 0.3) is 0 Å². The van der Waals surface area contributed by atoms with Crippen molar-refractivity contribution >= 4 is 21.7 Å². The summed E-state index contributed by atoms with van der Waals surface area (Å²) in [5.41, 5.74) is 0.793. The molecular formula is C14H11NO2. The molecule has 0 saturated heterocycles. The van der Waals surface area contributed by atoms with Gasteiger partial charge in [0.2, 0.25) is 0 Å². The van der Waals surface area contributed by atoms with Crippen molar-refractivity contribution in [2.45, 2.75) is 0 Å². The number of hydrogen-bond acceptors (Lipinski definition) is 3. The number of phenolic OH excluding ortho intramolecular Hbond substituents is 1. The summed E-state index contributed by atoms with van der Waals surface area (Å²) in [5.74, 6) is 0.616. The van der Waals surface area contributed by atoms with Crippen LogP contribution in [0.25, 0.3) is 21.7 Å². The Kier molecular flexibility index (Phi) is 2.11. The van der Waals surface area contributed by atoms with Crippen LogP contribution < -0.4 is 4.74 Å². The molecule has 0 aliphatic heterocycles. The smallest absolute Gasteiger partial charge is 0.167 e. The van der Waals surface area contributed by atoms with Gasteiger partial charge in [-0.2, -0.15) is 0 Å². The van der Waals surface area contributed by atoms with Gasteiger partial charge in [-0.25, -0.2) is 0 Å². The molecule has 3 heteroatoms. The van der Waals surface area contributed by atoms with Crippen molar-refractivity contribution in [3.05, 3.63) is 42.6 Å². The molecule has 3 nitrogen and oxygen atoms in total. The van der Waals surface area contributed by atoms with Crippen molar-refractivity contribution in [3.63, 3.8) is 0 Å². The highest BCUT2D eigenvalue weighted by atomic mass is 16.5. The Morgan fingerprint density at radius 2 is 1.82 bits per heavy atom. The van der Waals surface area contributed by atoms with Crippen LogP contribution in [0.5, 0.6) is 11.5 Å². The van der Waals surface area contributed by atoms with Crippen LogP contribution in [-0.4, -0.2) is 17.2 Å². The number of rotatable bonds is 1. The van der Waals surface area contributed by atoms with Gasteiger partial charge in [-0.3, -0.25) is 4.98 Å². The summed E-state index contributed by atoms with van der Waals surface area (Å²) in [4.78, 5) is 4.33. The van der Waals surface area contributed by atoms with Gasteiger partial charge in [-0.1, -0.05) is 24.3 Å². The van der Waals surface area contributed by atoms with Gasteiger partial charge in [0.15, 0.2) is 11.5 Å². The maximum absolute atomic E-state index is 10.2. The molecule has 0 atom stereocenters. The van der Waals surface area contributed by atoms with Crippen LogP contribution in [0.4, 0.5) is 0 Å². The van der Waals surface area contributed by atoms with Crippen LogP contribution in [0.3, 0.4) is 0 Å². The number of aromatic hydroxyl groups is 1. The monoisotopic (exact) mass is 225 g/mol. The fourth-order valence-corrected chi connectivity index (χ4v) is 2.08. The first-order valence-corrected chi connectivity index (χ1v) is 5.34. The standard InChI is InChI=1S/C14H11NO2/c1-17-11-7-6-9-4-5-10-3-2-8-15-13(10)12(9)14(11)16/h2-8,16H,1H3. The van der Waals surface area contributed by atoms with E-state index in [0.717, 1.165) is 21.7 Å². The van der Waals surface area contributed by atoms with E-state index in [0.29, 0.717) is 5.75 Å². The number of fused-ring (bicyclic) bond motifs is 3. The SMILES string of the molecule is COc1ccc2ccc3cccnc3c2c1O. The van der Waals surface area contributed by atoms with Crippen molar-refractivity contribution in [1.29, 1.82) is 0 Å². The zero-order chi connectivity index (χ0) is 11.8. The van der Waals surface area contributed by atoms with E-state index in [2.05, 4.69) is 4.98 Å². The van der Waals surface area contributed by atoms with Gasteiger partial charge < -0.3 is 9.84 Å². The summed E-state index contributed by atoms with van der Waals surface area (Å²) in [6.07, 6.45) is 1.72. The zero-order valence-corrected chi connectivity index (χ0v) is 9.34. The van der Waals surface area contributed by atoms with E-state index in [1.165, 1.54) is 0 Å². The number of hydrogen-bond donors (Lipinski definition) is 1. The predicted octanol–water partition coefficient (Wildman–Crippen LogP) is 3.10. The molecule has 3 rings (SSSR count). The second-order valence-corrected chi connectivity index (χ2v) is 3.86. The second kappa shape index (κ2) is 3.63. The topological polar surface area (TPSA) is 42.4 Å². The summed E-state index contributed by atoms with van der Waals surface area (Å²) in [6.45, 7) is 0. The Bertz CT molecular complexity index is 707. The highest BCUT2D eigenvalue weighted by Gasteiger charge is 2.10. The Hall–Kier alpha value is -2.29. The first kappa shape index (κ1) is 9.90. The largest absolute Gasteiger partial charge is 0.504 e. The average Bonchev–Trinajstić information content (AvgIpc) is 2.38. The third kappa shape index (κ3) is 1.40. The lowest BCUT2D eigenvalue weighted by Gasteiger charge is -2.08. The molecule has 2 aromatic carbocycles. The zero-order valence-electron chi connectivity index (χ0n) is 9.34. The summed E-state index contributed by atoms with van der Waals surface area (Å²) in [5, 5.41) is 12.9. The molecule has 1 N–H and O–H groups in total. The van der Waals surface area contributed by atoms with Crippen molar-refractivity contribution in [2.24, 2.45) is 0 Å². The number of phenols is 1. The van der Waals surface area contributed by atoms with Gasteiger partial charge >= 0.3 is 0 Å². The van der Waals surface area contributed by atoms with Crippen molar-refractivity contribution in [1.82, 2.24) is 4.98 Å². The normalized spacial score (nSPS) is 10.9. The molecule has 0 aliphatic carbocycles. The first-order valence-electron chi connectivity index (χ1n) is 5.34. The minimum atomic E-state index is 0.148. The quantitative estimate of drug-likeness (QED) is 0.647. The first-order chi connectivity index (χ1) is 8.31. The number of ether oxygens (including phenoxy) is 1. The molecule has 1 heterocycles. The molecule has 3 aromatic rings. The molecule has 0 spiro atoms. The van der Waals surface area contributed by atoms with E-state index in [1.807, 2.05) is 30.3 Å². The summed E-state index contributed by atoms with van der Waals surface area (Å²) in [7, 11) is 1.54. The van der Waals surface area contributed by atoms with Crippen LogP contribution in [-0.2, 0) is 0 Å². The number of nitrogens with zero attached hydrogens (tertiary/aromatic N) is 1. The third-order valence-corrected chi connectivity index (χ3v) is 2.91. The number of pyridine rings is 1. The molecule has 0 amide bonds. The summed E-state index contributed by atoms with van der Waals surface area (Å²) in [6, 6.07) is 11.5. The molecule has 0 bridgehead atoms. The van der Waals surface area contributed by atoms with Crippen LogP contribution >= 0.6 is 0 Å². The van der Waals surface area contributed by atoms with Gasteiger partial charge in [-0.15, -0.1) is 0 Å². The third-order valence-electron chi connectivity index (χ3n) is 2.91. The van der Waals surface area contributed by atoms with Crippen LogP contribution in [0.2, 0.25) is 0 Å². The van der Waals surface area contributed by atoms with E-state index in [9.17, 15) is 5.11 Å². The van der Waals surface area contributed by atoms with Crippen LogP contribution in [0.15, 0.2) is 42.6 Å². The lowest BCUT2D eigenvalue weighted by Crippen LogP contribution is -1.87. The van der Waals surface area contributed by atoms with Gasteiger partial charge in [0, 0.05) is 11.6 Å². The number of methoxy groups -OCH3 is 1. The maximum atomic E-state index is 10.2. The van der Waals surface area contributed by atoms with E-state index < -0.39 is 0 Å². The Labute approximate surface area is 98.3 Å². The van der Waals surface area contributed by atoms with Gasteiger partial charge in [0.1, 0.15) is 0 Å². The van der Waals surface area contributed by atoms with Crippen molar-refractivity contribution in [2.75, 3.05) is 7.11 Å². The predicted molar refractivity (Wildman–Crippen MR) is 67.5 cm³/mol. The highest BCUT2D eigenvalue weighted by molar-refractivity contribution is 6.09. The van der Waals surface area contributed by atoms with E-state index in [1.54, 1.807) is 19.4 Å². The summed E-state index contributed by atoms with van der Waals surface area (Å²) >= 11 is 0. The fraction of sp³-hybridized carbons (Fsp3) is 0.0714. The van der Waals surface area contributed by atoms with Gasteiger partial charge in [-0.05, 0) is 17.5 Å². The molecule has 0 aliphatic rings. The van der Waals surface area contributed by atoms with E-state index in [4.69, 9.17) is 4.74 Å². The lowest BCUT2D eigenvalue weighted by molar-refractivity contribution is 0.376. The molecule has 0 unspecified atom stereocenters. The van der Waals surface area contributed by atoms with E-state index in [-0.39, 0.29) is 5.75 Å². The van der Waals surface area contributed by atoms with Crippen molar-refractivity contribution in [3.8, 4) is 11.5 Å². The Morgan fingerprint density at radius 1 is 1.06 bits per heavy atom. The molecule has 0 saturated carbocycles. The Morgan fingerprint density at radius 3 is 2.65 bits per heavy atom. The second-order valence-electron chi connectivity index (χ2n) is 3.86. The molecule has 0 radical (unpaired) electrons. The number of aromatic nitrogens is 1. The Balaban J connectivity index is 2.55. The molecule has 0 fully saturated rings. The van der Waals surface area contributed by atoms with Crippen molar-refractivity contribution < 1.29 is 9.84 Å². The minimum Gasteiger partial charge on any atom is -0.504 e. The van der Waals surface area contributed by atoms with Crippen LogP contribution in [0.1, 0.15) is 0 Å². The fourth-order valence-electron chi connectivity index (χ4n) is 2.08. The summed E-state index contributed by atoms with van der Waals surface area (Å²) < 4.78 is 5.12. The molecule has 84 valence electrons.